The van der Waals surface area contributed by atoms with Gasteiger partial charge in [0, 0.05) is 17.6 Å². The van der Waals surface area contributed by atoms with Crippen molar-refractivity contribution in [2.45, 2.75) is 25.4 Å². The normalized spacial score (nSPS) is 15.7. The van der Waals surface area contributed by atoms with Crippen molar-refractivity contribution in [3.8, 4) is 0 Å². The first-order valence-corrected chi connectivity index (χ1v) is 7.92. The quantitative estimate of drug-likeness (QED) is 0.549. The summed E-state index contributed by atoms with van der Waals surface area (Å²) in [5.74, 6) is -1.63. The molecule has 0 saturated carbocycles. The standard InChI is InChI=1S/C19H17F4NO2/c1-18(2)10-24(15-7-5-4-6-12(15)19(21,22)23)16-8-11(17(25)26-3)14(20)9-13(16)18/h4-9H,10H2,1-3H3. The number of alkyl halides is 3. The smallest absolute Gasteiger partial charge is 0.418 e. The van der Waals surface area contributed by atoms with Crippen LogP contribution in [0.1, 0.15) is 35.3 Å². The molecular formula is C19H17F4NO2. The lowest BCUT2D eigenvalue weighted by Crippen LogP contribution is -2.26. The Morgan fingerprint density at radius 1 is 1.15 bits per heavy atom. The van der Waals surface area contributed by atoms with Crippen LogP contribution in [0.25, 0.3) is 0 Å². The van der Waals surface area contributed by atoms with E-state index in [1.165, 1.54) is 35.2 Å². The third kappa shape index (κ3) is 2.91. The van der Waals surface area contributed by atoms with Crippen molar-refractivity contribution >= 4 is 17.3 Å². The lowest BCUT2D eigenvalue weighted by molar-refractivity contribution is -0.137. The predicted molar refractivity (Wildman–Crippen MR) is 89.2 cm³/mol. The number of nitrogens with zero attached hydrogens (tertiary/aromatic N) is 1. The van der Waals surface area contributed by atoms with Gasteiger partial charge in [-0.25, -0.2) is 9.18 Å². The SMILES string of the molecule is COC(=O)c1cc2c(cc1F)C(C)(C)CN2c1ccccc1C(F)(F)F. The van der Waals surface area contributed by atoms with Gasteiger partial charge in [0.1, 0.15) is 5.82 Å². The van der Waals surface area contributed by atoms with Gasteiger partial charge in [-0.1, -0.05) is 26.0 Å². The molecule has 0 N–H and O–H groups in total. The molecule has 0 saturated heterocycles. The van der Waals surface area contributed by atoms with Crippen molar-refractivity contribution < 1.29 is 27.1 Å². The van der Waals surface area contributed by atoms with E-state index in [0.29, 0.717) is 11.3 Å². The van der Waals surface area contributed by atoms with E-state index < -0.39 is 28.9 Å². The van der Waals surface area contributed by atoms with Gasteiger partial charge < -0.3 is 9.64 Å². The predicted octanol–water partition coefficient (Wildman–Crippen LogP) is 5.06. The number of halogens is 4. The Kier molecular flexibility index (Phi) is 4.21. The van der Waals surface area contributed by atoms with Crippen molar-refractivity contribution in [2.24, 2.45) is 0 Å². The van der Waals surface area contributed by atoms with Crippen LogP contribution in [0.2, 0.25) is 0 Å². The van der Waals surface area contributed by atoms with E-state index in [4.69, 9.17) is 0 Å². The number of carbonyl (C=O) groups excluding carboxylic acids is 1. The van der Waals surface area contributed by atoms with Crippen LogP contribution in [0.4, 0.5) is 28.9 Å². The number of carbonyl (C=O) groups is 1. The number of benzene rings is 2. The Morgan fingerprint density at radius 2 is 1.81 bits per heavy atom. The van der Waals surface area contributed by atoms with Crippen molar-refractivity contribution in [1.29, 1.82) is 0 Å². The first-order chi connectivity index (χ1) is 12.1. The summed E-state index contributed by atoms with van der Waals surface area (Å²) in [7, 11) is 1.12. The highest BCUT2D eigenvalue weighted by atomic mass is 19.4. The van der Waals surface area contributed by atoms with Crippen LogP contribution in [0.5, 0.6) is 0 Å². The molecule has 0 aliphatic carbocycles. The van der Waals surface area contributed by atoms with Gasteiger partial charge in [-0.15, -0.1) is 0 Å². The molecule has 3 nitrogen and oxygen atoms in total. The highest BCUT2D eigenvalue weighted by Crippen LogP contribution is 2.48. The molecular weight excluding hydrogens is 350 g/mol. The van der Waals surface area contributed by atoms with Gasteiger partial charge in [0.2, 0.25) is 0 Å². The zero-order chi connectivity index (χ0) is 19.3. The van der Waals surface area contributed by atoms with Gasteiger partial charge in [-0.05, 0) is 29.8 Å². The van der Waals surface area contributed by atoms with E-state index in [1.807, 2.05) is 13.8 Å². The summed E-state index contributed by atoms with van der Waals surface area (Å²) in [6, 6.07) is 7.68. The molecule has 2 aromatic carbocycles. The first-order valence-electron chi connectivity index (χ1n) is 7.92. The van der Waals surface area contributed by atoms with Crippen LogP contribution in [-0.4, -0.2) is 19.6 Å². The molecule has 0 atom stereocenters. The van der Waals surface area contributed by atoms with E-state index in [2.05, 4.69) is 4.74 Å². The second kappa shape index (κ2) is 6.00. The monoisotopic (exact) mass is 367 g/mol. The molecule has 1 aliphatic rings. The second-order valence-corrected chi connectivity index (χ2v) is 6.83. The van der Waals surface area contributed by atoms with Crippen LogP contribution in [0, 0.1) is 5.82 Å². The zero-order valence-corrected chi connectivity index (χ0v) is 14.4. The summed E-state index contributed by atoms with van der Waals surface area (Å²) in [6.45, 7) is 3.86. The largest absolute Gasteiger partial charge is 0.465 e. The summed E-state index contributed by atoms with van der Waals surface area (Å²) in [5.41, 5.74) is -0.808. The molecule has 0 bridgehead atoms. The molecule has 7 heteroatoms. The molecule has 3 rings (SSSR count). The third-order valence-corrected chi connectivity index (χ3v) is 4.56. The van der Waals surface area contributed by atoms with Crippen molar-refractivity contribution in [3.63, 3.8) is 0 Å². The lowest BCUT2D eigenvalue weighted by Gasteiger charge is -2.25. The number of anilines is 2. The minimum atomic E-state index is -4.53. The van der Waals surface area contributed by atoms with E-state index in [1.54, 1.807) is 0 Å². The van der Waals surface area contributed by atoms with E-state index in [-0.39, 0.29) is 17.8 Å². The maximum Gasteiger partial charge on any atom is 0.418 e. The van der Waals surface area contributed by atoms with Gasteiger partial charge in [0.25, 0.3) is 0 Å². The molecule has 0 unspecified atom stereocenters. The zero-order valence-electron chi connectivity index (χ0n) is 14.4. The molecule has 2 aromatic rings. The number of hydrogen-bond acceptors (Lipinski definition) is 3. The van der Waals surface area contributed by atoms with Crippen LogP contribution >= 0.6 is 0 Å². The second-order valence-electron chi connectivity index (χ2n) is 6.83. The molecule has 1 heterocycles. The highest BCUT2D eigenvalue weighted by molar-refractivity contribution is 5.92. The van der Waals surface area contributed by atoms with Crippen LogP contribution in [-0.2, 0) is 16.3 Å². The fourth-order valence-corrected chi connectivity index (χ4v) is 3.32. The highest BCUT2D eigenvalue weighted by Gasteiger charge is 2.41. The summed E-state index contributed by atoms with van der Waals surface area (Å²) < 4.78 is 59.2. The Bertz CT molecular complexity index is 874. The number of esters is 1. The van der Waals surface area contributed by atoms with Gasteiger partial charge in [-0.2, -0.15) is 13.2 Å². The Labute approximate surface area is 148 Å². The summed E-state index contributed by atoms with van der Waals surface area (Å²) in [5, 5.41) is 0. The Morgan fingerprint density at radius 3 is 2.42 bits per heavy atom. The summed E-state index contributed by atoms with van der Waals surface area (Å²) >= 11 is 0. The van der Waals surface area contributed by atoms with Crippen molar-refractivity contribution in [1.82, 2.24) is 0 Å². The molecule has 1 aliphatic heterocycles. The fourth-order valence-electron chi connectivity index (χ4n) is 3.32. The van der Waals surface area contributed by atoms with Crippen LogP contribution in [0.3, 0.4) is 0 Å². The summed E-state index contributed by atoms with van der Waals surface area (Å²) in [6.07, 6.45) is -4.53. The van der Waals surface area contributed by atoms with Crippen LogP contribution < -0.4 is 4.90 Å². The number of para-hydroxylation sites is 1. The fraction of sp³-hybridized carbons (Fsp3) is 0.316. The summed E-state index contributed by atoms with van der Waals surface area (Å²) in [4.78, 5) is 13.3. The van der Waals surface area contributed by atoms with E-state index in [0.717, 1.165) is 13.2 Å². The minimum Gasteiger partial charge on any atom is -0.465 e. The average Bonchev–Trinajstić information content (AvgIpc) is 2.83. The number of hydrogen-bond donors (Lipinski definition) is 0. The molecule has 0 radical (unpaired) electrons. The van der Waals surface area contributed by atoms with Gasteiger partial charge in [0.15, 0.2) is 0 Å². The Balaban J connectivity index is 2.22. The number of methoxy groups -OCH3 is 1. The number of fused-ring (bicyclic) bond motifs is 1. The van der Waals surface area contributed by atoms with Gasteiger partial charge in [-0.3, -0.25) is 0 Å². The van der Waals surface area contributed by atoms with Crippen LogP contribution in [0.15, 0.2) is 36.4 Å². The topological polar surface area (TPSA) is 29.5 Å². The molecule has 138 valence electrons. The minimum absolute atomic E-state index is 0.0331. The van der Waals surface area contributed by atoms with E-state index in [9.17, 15) is 22.4 Å². The molecule has 0 fully saturated rings. The molecule has 26 heavy (non-hydrogen) atoms. The molecule has 0 spiro atoms. The number of ether oxygens (including phenoxy) is 1. The van der Waals surface area contributed by atoms with Gasteiger partial charge in [0.05, 0.1) is 23.9 Å². The average molecular weight is 367 g/mol. The maximum absolute atomic E-state index is 14.3. The Hall–Kier alpha value is -2.57. The molecule has 0 amide bonds. The lowest BCUT2D eigenvalue weighted by atomic mass is 9.86. The van der Waals surface area contributed by atoms with Gasteiger partial charge >= 0.3 is 12.1 Å². The van der Waals surface area contributed by atoms with E-state index >= 15 is 0 Å². The third-order valence-electron chi connectivity index (χ3n) is 4.56. The number of rotatable bonds is 2. The van der Waals surface area contributed by atoms with Crippen molar-refractivity contribution in [3.05, 3.63) is 58.9 Å². The molecule has 0 aromatic heterocycles. The first kappa shape index (κ1) is 18.2. The maximum atomic E-state index is 14.3. The van der Waals surface area contributed by atoms with Crippen molar-refractivity contribution in [2.75, 3.05) is 18.6 Å².